The van der Waals surface area contributed by atoms with Crippen molar-refractivity contribution in [3.05, 3.63) is 53.0 Å². The van der Waals surface area contributed by atoms with Gasteiger partial charge in [-0.1, -0.05) is 24.6 Å². The van der Waals surface area contributed by atoms with Gasteiger partial charge in [-0.15, -0.1) is 0 Å². The van der Waals surface area contributed by atoms with E-state index in [1.54, 1.807) is 0 Å². The van der Waals surface area contributed by atoms with Gasteiger partial charge in [0.2, 0.25) is 0 Å². The molecule has 154 valence electrons. The lowest BCUT2D eigenvalue weighted by Gasteiger charge is -2.09. The molecule has 3 aromatic heterocycles. The highest BCUT2D eigenvalue weighted by molar-refractivity contribution is 5.91. The molecule has 30 heavy (non-hydrogen) atoms. The van der Waals surface area contributed by atoms with Gasteiger partial charge >= 0.3 is 0 Å². The largest absolute Gasteiger partial charge is 0.336 e. The van der Waals surface area contributed by atoms with Crippen LogP contribution in [0.1, 0.15) is 61.7 Å². The lowest BCUT2D eigenvalue weighted by atomic mass is 9.96. The number of aromatic amines is 1. The highest BCUT2D eigenvalue weighted by atomic mass is 15.3. The highest BCUT2D eigenvalue weighted by Gasteiger charge is 2.20. The molecule has 0 unspecified atom stereocenters. The molecule has 4 aromatic rings. The second kappa shape index (κ2) is 7.38. The van der Waals surface area contributed by atoms with Crippen molar-refractivity contribution in [2.75, 3.05) is 0 Å². The maximum atomic E-state index is 4.85. The minimum Gasteiger partial charge on any atom is -0.336 e. The van der Waals surface area contributed by atoms with Crippen LogP contribution in [-0.4, -0.2) is 24.7 Å². The van der Waals surface area contributed by atoms with Crippen molar-refractivity contribution in [1.82, 2.24) is 24.7 Å². The number of H-pyrrole nitrogens is 1. The molecule has 0 amide bonds. The van der Waals surface area contributed by atoms with Gasteiger partial charge in [0.25, 0.3) is 0 Å². The Morgan fingerprint density at radius 2 is 1.80 bits per heavy atom. The molecule has 0 aliphatic heterocycles. The van der Waals surface area contributed by atoms with Crippen molar-refractivity contribution in [3.8, 4) is 22.5 Å². The number of hydrogen-bond acceptors (Lipinski definition) is 3. The Kier molecular flexibility index (Phi) is 4.69. The molecule has 0 atom stereocenters. The molecule has 5 nitrogen and oxygen atoms in total. The van der Waals surface area contributed by atoms with E-state index in [1.165, 1.54) is 48.8 Å². The Morgan fingerprint density at radius 3 is 2.57 bits per heavy atom. The minimum absolute atomic E-state index is 0.315. The maximum Gasteiger partial charge on any atom is 0.178 e. The minimum atomic E-state index is 0.315. The molecule has 0 fully saturated rings. The zero-order valence-electron chi connectivity index (χ0n) is 18.3. The fourth-order valence-corrected chi connectivity index (χ4v) is 4.86. The first kappa shape index (κ1) is 19.0. The highest BCUT2D eigenvalue weighted by Crippen LogP contribution is 2.33. The molecule has 0 bridgehead atoms. The van der Waals surface area contributed by atoms with Gasteiger partial charge in [0.15, 0.2) is 5.65 Å². The van der Waals surface area contributed by atoms with E-state index in [0.717, 1.165) is 39.5 Å². The molecule has 5 rings (SSSR count). The fourth-order valence-electron chi connectivity index (χ4n) is 4.86. The van der Waals surface area contributed by atoms with Gasteiger partial charge in [0, 0.05) is 23.5 Å². The van der Waals surface area contributed by atoms with Crippen LogP contribution in [0.5, 0.6) is 0 Å². The Balaban J connectivity index is 1.63. The summed E-state index contributed by atoms with van der Waals surface area (Å²) in [5.74, 6) is 0.849. The summed E-state index contributed by atoms with van der Waals surface area (Å²) in [6.07, 6.45) is 8.17. The first-order valence-corrected chi connectivity index (χ1v) is 11.1. The average Bonchev–Trinajstić information content (AvgIpc) is 3.18. The van der Waals surface area contributed by atoms with E-state index >= 15 is 0 Å². The van der Waals surface area contributed by atoms with Crippen LogP contribution in [0, 0.1) is 13.8 Å². The van der Waals surface area contributed by atoms with E-state index in [9.17, 15) is 0 Å². The molecular weight excluding hydrogens is 370 g/mol. The zero-order chi connectivity index (χ0) is 20.8. The molecule has 3 heterocycles. The Bertz CT molecular complexity index is 1230. The van der Waals surface area contributed by atoms with E-state index in [1.807, 2.05) is 6.20 Å². The van der Waals surface area contributed by atoms with Crippen molar-refractivity contribution < 1.29 is 0 Å². The van der Waals surface area contributed by atoms with Gasteiger partial charge < -0.3 is 4.98 Å². The first-order valence-electron chi connectivity index (χ1n) is 11.1. The predicted molar refractivity (Wildman–Crippen MR) is 122 cm³/mol. The van der Waals surface area contributed by atoms with Gasteiger partial charge in [-0.2, -0.15) is 5.10 Å². The average molecular weight is 400 g/mol. The summed E-state index contributed by atoms with van der Waals surface area (Å²) in [5, 5.41) is 4.73. The molecule has 0 saturated heterocycles. The predicted octanol–water partition coefficient (Wildman–Crippen LogP) is 5.96. The number of nitrogens with zero attached hydrogens (tertiary/aromatic N) is 4. The molecule has 1 aliphatic carbocycles. The Morgan fingerprint density at radius 1 is 1.00 bits per heavy atom. The van der Waals surface area contributed by atoms with Crippen LogP contribution >= 0.6 is 0 Å². The number of hydrogen-bond donors (Lipinski definition) is 1. The van der Waals surface area contributed by atoms with Crippen LogP contribution in [-0.2, 0) is 12.8 Å². The smallest absolute Gasteiger partial charge is 0.178 e. The van der Waals surface area contributed by atoms with Gasteiger partial charge in [0.1, 0.15) is 5.82 Å². The van der Waals surface area contributed by atoms with Gasteiger partial charge in [-0.05, 0) is 76.1 Å². The van der Waals surface area contributed by atoms with Crippen LogP contribution in [0.2, 0.25) is 0 Å². The number of nitrogens with one attached hydrogen (secondary N) is 1. The number of aromatic nitrogens is 5. The summed E-state index contributed by atoms with van der Waals surface area (Å²) in [7, 11) is 0. The molecule has 0 radical (unpaired) electrons. The lowest BCUT2D eigenvalue weighted by molar-refractivity contribution is 0.516. The maximum absolute atomic E-state index is 4.85. The van der Waals surface area contributed by atoms with Crippen LogP contribution < -0.4 is 0 Å². The Labute approximate surface area is 177 Å². The molecular formula is C25H29N5. The standard InChI is InChI=1S/C25H29N5/c1-15(2)30-17(4)22(16(3)29-30)24-27-23-21(12-13-26-25(23)28-24)20-11-10-18-8-6-5-7-9-19(18)14-20/h10-15H,5-9H2,1-4H3,(H,26,27,28). The summed E-state index contributed by atoms with van der Waals surface area (Å²) in [6.45, 7) is 8.47. The van der Waals surface area contributed by atoms with Crippen molar-refractivity contribution in [1.29, 1.82) is 0 Å². The quantitative estimate of drug-likeness (QED) is 0.433. The van der Waals surface area contributed by atoms with E-state index < -0.39 is 0 Å². The number of pyridine rings is 1. The van der Waals surface area contributed by atoms with Crippen LogP contribution in [0.4, 0.5) is 0 Å². The number of imidazole rings is 1. The molecule has 1 N–H and O–H groups in total. The van der Waals surface area contributed by atoms with E-state index in [0.29, 0.717) is 6.04 Å². The summed E-state index contributed by atoms with van der Waals surface area (Å²) in [6, 6.07) is 9.37. The van der Waals surface area contributed by atoms with Gasteiger partial charge in [-0.25, -0.2) is 9.97 Å². The normalized spacial score (nSPS) is 14.3. The summed E-state index contributed by atoms with van der Waals surface area (Å²) in [4.78, 5) is 13.0. The third-order valence-corrected chi connectivity index (χ3v) is 6.35. The van der Waals surface area contributed by atoms with Gasteiger partial charge in [-0.3, -0.25) is 4.68 Å². The fraction of sp³-hybridized carbons (Fsp3) is 0.400. The van der Waals surface area contributed by atoms with Crippen LogP contribution in [0.15, 0.2) is 30.5 Å². The number of aryl methyl sites for hydroxylation is 3. The number of benzene rings is 1. The zero-order valence-corrected chi connectivity index (χ0v) is 18.3. The van der Waals surface area contributed by atoms with E-state index in [4.69, 9.17) is 10.1 Å². The van der Waals surface area contributed by atoms with Crippen LogP contribution in [0.25, 0.3) is 33.7 Å². The molecule has 0 spiro atoms. The SMILES string of the molecule is Cc1nn(C(C)C)c(C)c1-c1nc2nccc(-c3ccc4c(c3)CCCCC4)c2[nH]1. The van der Waals surface area contributed by atoms with E-state index in [-0.39, 0.29) is 0 Å². The van der Waals surface area contributed by atoms with Crippen molar-refractivity contribution in [2.24, 2.45) is 0 Å². The van der Waals surface area contributed by atoms with Crippen molar-refractivity contribution in [3.63, 3.8) is 0 Å². The monoisotopic (exact) mass is 399 g/mol. The summed E-state index contributed by atoms with van der Waals surface area (Å²) < 4.78 is 2.07. The molecule has 0 saturated carbocycles. The summed E-state index contributed by atoms with van der Waals surface area (Å²) >= 11 is 0. The van der Waals surface area contributed by atoms with Crippen molar-refractivity contribution in [2.45, 2.75) is 65.8 Å². The molecule has 1 aliphatic rings. The lowest BCUT2D eigenvalue weighted by Crippen LogP contribution is -2.04. The number of fused-ring (bicyclic) bond motifs is 2. The van der Waals surface area contributed by atoms with Gasteiger partial charge in [0.05, 0.1) is 16.8 Å². The topological polar surface area (TPSA) is 59.4 Å². The second-order valence-corrected chi connectivity index (χ2v) is 8.77. The van der Waals surface area contributed by atoms with Crippen LogP contribution in [0.3, 0.4) is 0 Å². The Hall–Kier alpha value is -2.95. The molecule has 1 aromatic carbocycles. The summed E-state index contributed by atoms with van der Waals surface area (Å²) in [5.41, 5.74) is 10.4. The second-order valence-electron chi connectivity index (χ2n) is 8.77. The molecule has 5 heteroatoms. The first-order chi connectivity index (χ1) is 14.5. The third kappa shape index (κ3) is 3.13. The van der Waals surface area contributed by atoms with E-state index in [2.05, 4.69) is 66.6 Å². The number of rotatable bonds is 3. The third-order valence-electron chi connectivity index (χ3n) is 6.35. The van der Waals surface area contributed by atoms with Crippen molar-refractivity contribution >= 4 is 11.2 Å².